The second kappa shape index (κ2) is 7.84. The number of halogens is 1. The van der Waals surface area contributed by atoms with Crippen molar-refractivity contribution in [3.05, 3.63) is 48.2 Å². The third-order valence-electron chi connectivity index (χ3n) is 4.85. The number of rotatable bonds is 6. The molecule has 1 saturated heterocycles. The zero-order chi connectivity index (χ0) is 19.6. The molecule has 0 radical (unpaired) electrons. The fourth-order valence-electron chi connectivity index (χ4n) is 3.35. The van der Waals surface area contributed by atoms with E-state index < -0.39 is 10.0 Å². The molecular formula is C19H22FN5O2S. The van der Waals surface area contributed by atoms with Crippen molar-refractivity contribution in [2.24, 2.45) is 0 Å². The Morgan fingerprint density at radius 2 is 1.96 bits per heavy atom. The Kier molecular flexibility index (Phi) is 5.27. The molecule has 148 valence electrons. The number of fused-ring (bicyclic) bond motifs is 1. The molecule has 9 heteroatoms. The van der Waals surface area contributed by atoms with Gasteiger partial charge in [-0.1, -0.05) is 6.42 Å². The first-order valence-corrected chi connectivity index (χ1v) is 10.8. The summed E-state index contributed by atoms with van der Waals surface area (Å²) in [5.74, 6) is 1.04. The fourth-order valence-corrected chi connectivity index (χ4v) is 4.82. The lowest BCUT2D eigenvalue weighted by Crippen LogP contribution is -2.35. The maximum Gasteiger partial charge on any atom is 0.244 e. The number of imidazole rings is 1. The number of sulfonamides is 1. The number of hydrogen-bond donors (Lipinski definition) is 2. The summed E-state index contributed by atoms with van der Waals surface area (Å²) in [5.41, 5.74) is 1.39. The zero-order valence-electron chi connectivity index (χ0n) is 15.4. The van der Waals surface area contributed by atoms with Crippen molar-refractivity contribution in [1.29, 1.82) is 0 Å². The highest BCUT2D eigenvalue weighted by Crippen LogP contribution is 2.20. The van der Waals surface area contributed by atoms with Gasteiger partial charge in [-0.25, -0.2) is 22.8 Å². The van der Waals surface area contributed by atoms with Crippen molar-refractivity contribution < 1.29 is 12.8 Å². The van der Waals surface area contributed by atoms with Crippen LogP contribution in [0.3, 0.4) is 0 Å². The van der Waals surface area contributed by atoms with Gasteiger partial charge in [0.05, 0.1) is 11.0 Å². The highest BCUT2D eigenvalue weighted by molar-refractivity contribution is 7.89. The van der Waals surface area contributed by atoms with Gasteiger partial charge in [0.15, 0.2) is 0 Å². The Morgan fingerprint density at radius 3 is 2.71 bits per heavy atom. The van der Waals surface area contributed by atoms with Gasteiger partial charge in [0, 0.05) is 32.3 Å². The number of benzene rings is 1. The second-order valence-electron chi connectivity index (χ2n) is 6.87. The summed E-state index contributed by atoms with van der Waals surface area (Å²) >= 11 is 0. The van der Waals surface area contributed by atoms with E-state index in [1.165, 1.54) is 22.6 Å². The number of nitrogens with zero attached hydrogens (tertiary/aromatic N) is 3. The highest BCUT2D eigenvalue weighted by Gasteiger charge is 2.26. The Balaban J connectivity index is 1.36. The second-order valence-corrected chi connectivity index (χ2v) is 8.80. The molecule has 0 spiro atoms. The zero-order valence-corrected chi connectivity index (χ0v) is 16.2. The molecule has 28 heavy (non-hydrogen) atoms. The molecule has 4 rings (SSSR count). The number of hydrogen-bond acceptors (Lipinski definition) is 5. The average Bonchev–Trinajstić information content (AvgIpc) is 3.11. The van der Waals surface area contributed by atoms with Crippen molar-refractivity contribution >= 4 is 26.9 Å². The standard InChI is InChI=1S/C19H22FN5O2S/c20-14-4-6-16-17(12-14)24-19(23-16)8-9-21-18-7-5-15(13-22-18)28(26,27)25-10-2-1-3-11-25/h4-7,12-13H,1-3,8-11H2,(H,21,22)(H,23,24). The van der Waals surface area contributed by atoms with E-state index in [1.807, 2.05) is 0 Å². The Morgan fingerprint density at radius 1 is 1.14 bits per heavy atom. The first kappa shape index (κ1) is 18.8. The third kappa shape index (κ3) is 4.00. The summed E-state index contributed by atoms with van der Waals surface area (Å²) in [6.45, 7) is 1.71. The molecule has 1 aliphatic rings. The smallest absolute Gasteiger partial charge is 0.244 e. The van der Waals surface area contributed by atoms with Crippen LogP contribution in [0.4, 0.5) is 10.2 Å². The lowest BCUT2D eigenvalue weighted by molar-refractivity contribution is 0.346. The lowest BCUT2D eigenvalue weighted by Gasteiger charge is -2.25. The Hall–Kier alpha value is -2.52. The summed E-state index contributed by atoms with van der Waals surface area (Å²) in [5, 5.41) is 3.15. The molecule has 0 unspecified atom stereocenters. The van der Waals surface area contributed by atoms with Crippen LogP contribution in [0.25, 0.3) is 11.0 Å². The van der Waals surface area contributed by atoms with E-state index in [4.69, 9.17) is 0 Å². The summed E-state index contributed by atoms with van der Waals surface area (Å²) in [7, 11) is -3.46. The first-order valence-electron chi connectivity index (χ1n) is 9.36. The van der Waals surface area contributed by atoms with Crippen LogP contribution in [0.2, 0.25) is 0 Å². The molecule has 0 amide bonds. The average molecular weight is 403 g/mol. The molecule has 0 aliphatic carbocycles. The van der Waals surface area contributed by atoms with Crippen LogP contribution in [0.5, 0.6) is 0 Å². The summed E-state index contributed by atoms with van der Waals surface area (Å²) < 4.78 is 40.0. The lowest BCUT2D eigenvalue weighted by atomic mass is 10.2. The number of aromatic amines is 1. The van der Waals surface area contributed by atoms with Gasteiger partial charge < -0.3 is 10.3 Å². The van der Waals surface area contributed by atoms with Crippen molar-refractivity contribution in [2.45, 2.75) is 30.6 Å². The van der Waals surface area contributed by atoms with Crippen LogP contribution in [-0.4, -0.2) is 47.3 Å². The number of piperidine rings is 1. The predicted molar refractivity (Wildman–Crippen MR) is 105 cm³/mol. The van der Waals surface area contributed by atoms with Crippen LogP contribution in [0, 0.1) is 5.82 Å². The van der Waals surface area contributed by atoms with E-state index in [-0.39, 0.29) is 10.7 Å². The summed E-state index contributed by atoms with van der Waals surface area (Å²) in [6, 6.07) is 7.70. The molecular weight excluding hydrogens is 381 g/mol. The van der Waals surface area contributed by atoms with E-state index in [0.29, 0.717) is 37.4 Å². The quantitative estimate of drug-likeness (QED) is 0.660. The molecule has 2 N–H and O–H groups in total. The van der Waals surface area contributed by atoms with Gasteiger partial charge in [-0.3, -0.25) is 0 Å². The molecule has 2 aromatic heterocycles. The number of H-pyrrole nitrogens is 1. The molecule has 7 nitrogen and oxygen atoms in total. The van der Waals surface area contributed by atoms with E-state index in [0.717, 1.165) is 30.6 Å². The highest BCUT2D eigenvalue weighted by atomic mass is 32.2. The van der Waals surface area contributed by atoms with Crippen molar-refractivity contribution in [3.63, 3.8) is 0 Å². The molecule has 3 aromatic rings. The Bertz CT molecular complexity index is 1060. The molecule has 1 aromatic carbocycles. The summed E-state index contributed by atoms with van der Waals surface area (Å²) in [6.07, 6.45) is 4.89. The maximum atomic E-state index is 13.2. The minimum atomic E-state index is -3.46. The van der Waals surface area contributed by atoms with Gasteiger partial charge in [0.2, 0.25) is 10.0 Å². The normalized spacial score (nSPS) is 15.8. The minimum Gasteiger partial charge on any atom is -0.370 e. The van der Waals surface area contributed by atoms with E-state index >= 15 is 0 Å². The topological polar surface area (TPSA) is 91.0 Å². The number of nitrogens with one attached hydrogen (secondary N) is 2. The van der Waals surface area contributed by atoms with Crippen LogP contribution in [-0.2, 0) is 16.4 Å². The van der Waals surface area contributed by atoms with Crippen molar-refractivity contribution in [1.82, 2.24) is 19.3 Å². The van der Waals surface area contributed by atoms with Gasteiger partial charge in [-0.05, 0) is 43.2 Å². The van der Waals surface area contributed by atoms with Gasteiger partial charge in [-0.2, -0.15) is 4.31 Å². The van der Waals surface area contributed by atoms with Crippen molar-refractivity contribution in [3.8, 4) is 0 Å². The number of pyridine rings is 1. The Labute approximate surface area is 163 Å². The molecule has 1 fully saturated rings. The van der Waals surface area contributed by atoms with Crippen LogP contribution in [0.15, 0.2) is 41.4 Å². The molecule has 0 saturated carbocycles. The number of aromatic nitrogens is 3. The SMILES string of the molecule is O=S(=O)(c1ccc(NCCc2nc3ccc(F)cc3[nH]2)nc1)N1CCCCC1. The van der Waals surface area contributed by atoms with Gasteiger partial charge in [0.25, 0.3) is 0 Å². The fraction of sp³-hybridized carbons (Fsp3) is 0.368. The first-order chi connectivity index (χ1) is 13.5. The third-order valence-corrected chi connectivity index (χ3v) is 6.73. The predicted octanol–water partition coefficient (Wildman–Crippen LogP) is 2.93. The van der Waals surface area contributed by atoms with Gasteiger partial charge in [-0.15, -0.1) is 0 Å². The van der Waals surface area contributed by atoms with Crippen LogP contribution < -0.4 is 5.32 Å². The molecule has 3 heterocycles. The van der Waals surface area contributed by atoms with E-state index in [9.17, 15) is 12.8 Å². The van der Waals surface area contributed by atoms with E-state index in [2.05, 4.69) is 20.3 Å². The van der Waals surface area contributed by atoms with Crippen molar-refractivity contribution in [2.75, 3.05) is 25.0 Å². The van der Waals surface area contributed by atoms with Gasteiger partial charge >= 0.3 is 0 Å². The van der Waals surface area contributed by atoms with Crippen LogP contribution in [0.1, 0.15) is 25.1 Å². The van der Waals surface area contributed by atoms with E-state index in [1.54, 1.807) is 18.2 Å². The largest absolute Gasteiger partial charge is 0.370 e. The maximum absolute atomic E-state index is 13.2. The van der Waals surface area contributed by atoms with Gasteiger partial charge in [0.1, 0.15) is 22.4 Å². The molecule has 0 bridgehead atoms. The number of anilines is 1. The monoisotopic (exact) mass is 403 g/mol. The molecule has 0 atom stereocenters. The molecule has 1 aliphatic heterocycles. The minimum absolute atomic E-state index is 0.222. The summed E-state index contributed by atoms with van der Waals surface area (Å²) in [4.78, 5) is 12.0. The van der Waals surface area contributed by atoms with Crippen LogP contribution >= 0.6 is 0 Å².